The molecule has 0 spiro atoms. The van der Waals surface area contributed by atoms with Crippen molar-refractivity contribution in [2.75, 3.05) is 33.7 Å². The molecule has 132 valence electrons. The van der Waals surface area contributed by atoms with E-state index in [9.17, 15) is 0 Å². The van der Waals surface area contributed by atoms with Crippen molar-refractivity contribution < 1.29 is 0 Å². The second-order valence-corrected chi connectivity index (χ2v) is 5.84. The first-order valence-corrected chi connectivity index (χ1v) is 8.27. The number of pyridine rings is 1. The van der Waals surface area contributed by atoms with E-state index in [0.717, 1.165) is 31.6 Å². The number of unbranched alkanes of at least 4 members (excludes halogenated alkanes) is 4. The zero-order valence-corrected chi connectivity index (χ0v) is 16.8. The van der Waals surface area contributed by atoms with Crippen LogP contribution in [0, 0.1) is 0 Å². The van der Waals surface area contributed by atoms with E-state index in [1.807, 2.05) is 24.4 Å². The Morgan fingerprint density at radius 1 is 1.17 bits per heavy atom. The van der Waals surface area contributed by atoms with Gasteiger partial charge in [0.05, 0.1) is 0 Å². The highest BCUT2D eigenvalue weighted by Gasteiger charge is 1.95. The molecule has 0 aliphatic heterocycles. The van der Waals surface area contributed by atoms with Crippen molar-refractivity contribution in [2.45, 2.75) is 38.5 Å². The molecular formula is C17H32IN5. The molecule has 0 aromatic carbocycles. The summed E-state index contributed by atoms with van der Waals surface area (Å²) in [6.07, 6.45) is 8.90. The highest BCUT2D eigenvalue weighted by molar-refractivity contribution is 14.0. The summed E-state index contributed by atoms with van der Waals surface area (Å²) in [7, 11) is 4.25. The van der Waals surface area contributed by atoms with Crippen molar-refractivity contribution in [3.63, 3.8) is 0 Å². The lowest BCUT2D eigenvalue weighted by molar-refractivity contribution is 0.390. The van der Waals surface area contributed by atoms with Gasteiger partial charge in [-0.15, -0.1) is 24.0 Å². The van der Waals surface area contributed by atoms with Gasteiger partial charge in [0, 0.05) is 31.4 Å². The average molecular weight is 433 g/mol. The van der Waals surface area contributed by atoms with E-state index < -0.39 is 0 Å². The van der Waals surface area contributed by atoms with Gasteiger partial charge in [0.25, 0.3) is 0 Å². The second-order valence-electron chi connectivity index (χ2n) is 5.84. The Morgan fingerprint density at radius 3 is 2.61 bits per heavy atom. The molecule has 0 saturated heterocycles. The number of hydrogen-bond donors (Lipinski definition) is 2. The number of aliphatic imine (C=N–C) groups is 1. The Bertz CT molecular complexity index is 409. The van der Waals surface area contributed by atoms with Gasteiger partial charge < -0.3 is 16.0 Å². The quantitative estimate of drug-likeness (QED) is 0.244. The number of halogens is 1. The summed E-state index contributed by atoms with van der Waals surface area (Å²) in [5.74, 6) is 0.545. The summed E-state index contributed by atoms with van der Waals surface area (Å²) < 4.78 is 0. The van der Waals surface area contributed by atoms with E-state index in [0.29, 0.717) is 5.96 Å². The summed E-state index contributed by atoms with van der Waals surface area (Å²) in [4.78, 5) is 10.9. The van der Waals surface area contributed by atoms with E-state index >= 15 is 0 Å². The van der Waals surface area contributed by atoms with Gasteiger partial charge in [-0.2, -0.15) is 0 Å². The lowest BCUT2D eigenvalue weighted by Gasteiger charge is -2.08. The summed E-state index contributed by atoms with van der Waals surface area (Å²) in [6, 6.07) is 5.94. The van der Waals surface area contributed by atoms with Crippen molar-refractivity contribution in [3.8, 4) is 0 Å². The fourth-order valence-corrected chi connectivity index (χ4v) is 2.19. The van der Waals surface area contributed by atoms with Crippen LogP contribution >= 0.6 is 24.0 Å². The number of nitrogens with one attached hydrogen (secondary N) is 1. The molecular weight excluding hydrogens is 401 g/mol. The smallest absolute Gasteiger partial charge is 0.188 e. The molecule has 23 heavy (non-hydrogen) atoms. The highest BCUT2D eigenvalue weighted by atomic mass is 127. The number of nitrogens with two attached hydrogens (primary N) is 1. The van der Waals surface area contributed by atoms with Gasteiger partial charge in [-0.1, -0.05) is 25.3 Å². The fourth-order valence-electron chi connectivity index (χ4n) is 2.19. The van der Waals surface area contributed by atoms with E-state index in [1.54, 1.807) is 0 Å². The highest BCUT2D eigenvalue weighted by Crippen LogP contribution is 2.03. The van der Waals surface area contributed by atoms with Crippen LogP contribution in [0.3, 0.4) is 0 Å². The zero-order chi connectivity index (χ0) is 16.0. The van der Waals surface area contributed by atoms with Gasteiger partial charge in [-0.3, -0.25) is 9.98 Å². The minimum absolute atomic E-state index is 0. The van der Waals surface area contributed by atoms with Gasteiger partial charge in [0.1, 0.15) is 0 Å². The molecule has 0 fully saturated rings. The molecule has 0 unspecified atom stereocenters. The Labute approximate surface area is 158 Å². The van der Waals surface area contributed by atoms with Gasteiger partial charge in [-0.25, -0.2) is 0 Å². The normalized spacial score (nSPS) is 11.3. The molecule has 1 aromatic heterocycles. The molecule has 6 heteroatoms. The number of rotatable bonds is 11. The van der Waals surface area contributed by atoms with E-state index in [2.05, 4.69) is 34.3 Å². The van der Waals surface area contributed by atoms with Crippen molar-refractivity contribution in [1.29, 1.82) is 0 Å². The third kappa shape index (κ3) is 13.3. The molecule has 0 aliphatic carbocycles. The van der Waals surface area contributed by atoms with Crippen LogP contribution in [0.5, 0.6) is 0 Å². The van der Waals surface area contributed by atoms with Crippen molar-refractivity contribution in [3.05, 3.63) is 30.1 Å². The summed E-state index contributed by atoms with van der Waals surface area (Å²) >= 11 is 0. The molecule has 1 rings (SSSR count). The van der Waals surface area contributed by atoms with Crippen LogP contribution in [-0.4, -0.2) is 49.6 Å². The lowest BCUT2D eigenvalue weighted by atomic mass is 10.1. The summed E-state index contributed by atoms with van der Waals surface area (Å²) in [6.45, 7) is 2.78. The first kappa shape index (κ1) is 22.1. The zero-order valence-electron chi connectivity index (χ0n) is 14.5. The molecule has 0 atom stereocenters. The van der Waals surface area contributed by atoms with E-state index in [1.165, 1.54) is 32.2 Å². The predicted molar refractivity (Wildman–Crippen MR) is 109 cm³/mol. The van der Waals surface area contributed by atoms with Crippen molar-refractivity contribution in [1.82, 2.24) is 15.2 Å². The number of guanidine groups is 1. The first-order valence-electron chi connectivity index (χ1n) is 8.27. The van der Waals surface area contributed by atoms with Crippen LogP contribution in [0.1, 0.15) is 37.8 Å². The van der Waals surface area contributed by atoms with Gasteiger partial charge in [0.2, 0.25) is 0 Å². The van der Waals surface area contributed by atoms with Crippen LogP contribution in [0.2, 0.25) is 0 Å². The van der Waals surface area contributed by atoms with Crippen molar-refractivity contribution in [2.24, 2.45) is 10.7 Å². The van der Waals surface area contributed by atoms with E-state index in [-0.39, 0.29) is 24.0 Å². The van der Waals surface area contributed by atoms with Gasteiger partial charge >= 0.3 is 0 Å². The van der Waals surface area contributed by atoms with Crippen LogP contribution < -0.4 is 11.1 Å². The summed E-state index contributed by atoms with van der Waals surface area (Å²) in [5.41, 5.74) is 6.92. The monoisotopic (exact) mass is 433 g/mol. The van der Waals surface area contributed by atoms with Gasteiger partial charge in [0.15, 0.2) is 5.96 Å². The number of hydrogen-bond acceptors (Lipinski definition) is 3. The SMILES string of the molecule is CN(C)CCCCCCCN=C(N)NCCc1ccccn1.I. The van der Waals surface area contributed by atoms with E-state index in [4.69, 9.17) is 5.73 Å². The average Bonchev–Trinajstić information content (AvgIpc) is 2.50. The third-order valence-electron chi connectivity index (χ3n) is 3.46. The molecule has 0 bridgehead atoms. The molecule has 1 aromatic rings. The lowest BCUT2D eigenvalue weighted by Crippen LogP contribution is -2.33. The molecule has 0 amide bonds. The van der Waals surface area contributed by atoms with Crippen LogP contribution in [0.15, 0.2) is 29.4 Å². The topological polar surface area (TPSA) is 66.5 Å². The van der Waals surface area contributed by atoms with Gasteiger partial charge in [-0.05, 0) is 45.6 Å². The first-order chi connectivity index (χ1) is 10.7. The summed E-state index contributed by atoms with van der Waals surface area (Å²) in [5, 5.41) is 3.14. The predicted octanol–water partition coefficient (Wildman–Crippen LogP) is 2.66. The molecule has 0 radical (unpaired) electrons. The Morgan fingerprint density at radius 2 is 1.91 bits per heavy atom. The third-order valence-corrected chi connectivity index (χ3v) is 3.46. The standard InChI is InChI=1S/C17H31N5.HI/c1-22(2)15-9-5-3-4-7-13-20-17(18)21-14-11-16-10-6-8-12-19-16;/h6,8,10,12H,3-5,7,9,11,13-15H2,1-2H3,(H3,18,20,21);1H. The maximum atomic E-state index is 5.85. The molecule has 5 nitrogen and oxygen atoms in total. The minimum atomic E-state index is 0. The van der Waals surface area contributed by atoms with Crippen LogP contribution in [-0.2, 0) is 6.42 Å². The number of nitrogens with zero attached hydrogens (tertiary/aromatic N) is 3. The molecule has 0 saturated carbocycles. The molecule has 0 aliphatic rings. The largest absolute Gasteiger partial charge is 0.370 e. The van der Waals surface area contributed by atoms with Crippen molar-refractivity contribution >= 4 is 29.9 Å². The van der Waals surface area contributed by atoms with Crippen LogP contribution in [0.4, 0.5) is 0 Å². The fraction of sp³-hybridized carbons (Fsp3) is 0.647. The number of aromatic nitrogens is 1. The molecule has 1 heterocycles. The maximum Gasteiger partial charge on any atom is 0.188 e. The maximum absolute atomic E-state index is 5.85. The Balaban J connectivity index is 0.00000484. The Hall–Kier alpha value is -0.890. The Kier molecular flexibility index (Phi) is 14.1. The minimum Gasteiger partial charge on any atom is -0.370 e. The van der Waals surface area contributed by atoms with Crippen LogP contribution in [0.25, 0.3) is 0 Å². The second kappa shape index (κ2) is 14.7. The molecule has 3 N–H and O–H groups in total.